The highest BCUT2D eigenvalue weighted by Crippen LogP contribution is 2.29. The van der Waals surface area contributed by atoms with Gasteiger partial charge < -0.3 is 10.1 Å². The Balaban J connectivity index is 1.67. The second kappa shape index (κ2) is 6.69. The lowest BCUT2D eigenvalue weighted by Gasteiger charge is -2.22. The minimum absolute atomic E-state index is 0.350. The Bertz CT molecular complexity index is 585. The predicted molar refractivity (Wildman–Crippen MR) is 87.7 cm³/mol. The zero-order chi connectivity index (χ0) is 14.7. The number of hydrogen-bond acceptors (Lipinski definition) is 4. The fourth-order valence-corrected chi connectivity index (χ4v) is 3.53. The third kappa shape index (κ3) is 3.70. The van der Waals surface area contributed by atoms with Crippen molar-refractivity contribution < 1.29 is 4.74 Å². The highest BCUT2D eigenvalue weighted by molar-refractivity contribution is 7.15. The van der Waals surface area contributed by atoms with Crippen LogP contribution >= 0.6 is 11.3 Å². The molecule has 1 unspecified atom stereocenters. The van der Waals surface area contributed by atoms with E-state index in [9.17, 15) is 0 Å². The molecule has 0 saturated carbocycles. The summed E-state index contributed by atoms with van der Waals surface area (Å²) in [4.78, 5) is 5.94. The standard InChI is InChI=1S/C17H22N2OS/c1-12-5-7-14(8-6-12)17-19-13(2)16(21-17)11-20-15-4-3-9-18-10-15/h5-8,15,18H,3-4,9-11H2,1-2H3. The normalized spacial score (nSPS) is 18.9. The average molecular weight is 302 g/mol. The monoisotopic (exact) mass is 302 g/mol. The van der Waals surface area contributed by atoms with E-state index in [1.54, 1.807) is 11.3 Å². The van der Waals surface area contributed by atoms with Gasteiger partial charge in [-0.3, -0.25) is 0 Å². The van der Waals surface area contributed by atoms with Crippen molar-refractivity contribution in [2.24, 2.45) is 0 Å². The Morgan fingerprint density at radius 1 is 1.29 bits per heavy atom. The Hall–Kier alpha value is -1.23. The zero-order valence-corrected chi connectivity index (χ0v) is 13.5. The van der Waals surface area contributed by atoms with Crippen LogP contribution in [0.3, 0.4) is 0 Å². The van der Waals surface area contributed by atoms with E-state index >= 15 is 0 Å². The van der Waals surface area contributed by atoms with Crippen LogP contribution in [-0.2, 0) is 11.3 Å². The summed E-state index contributed by atoms with van der Waals surface area (Å²) in [5, 5.41) is 4.48. The van der Waals surface area contributed by atoms with E-state index in [2.05, 4.69) is 43.4 Å². The maximum absolute atomic E-state index is 6.03. The molecule has 1 saturated heterocycles. The van der Waals surface area contributed by atoms with E-state index in [1.165, 1.54) is 22.4 Å². The summed E-state index contributed by atoms with van der Waals surface area (Å²) < 4.78 is 6.03. The first-order chi connectivity index (χ1) is 10.2. The van der Waals surface area contributed by atoms with Gasteiger partial charge in [0, 0.05) is 12.1 Å². The number of ether oxygens (including phenoxy) is 1. The first-order valence-electron chi connectivity index (χ1n) is 7.58. The summed E-state index contributed by atoms with van der Waals surface area (Å²) in [5.74, 6) is 0. The van der Waals surface area contributed by atoms with Gasteiger partial charge in [-0.15, -0.1) is 11.3 Å². The number of nitrogens with one attached hydrogen (secondary N) is 1. The topological polar surface area (TPSA) is 34.1 Å². The number of thiazole rings is 1. The maximum atomic E-state index is 6.03. The molecule has 1 aliphatic heterocycles. The lowest BCUT2D eigenvalue weighted by molar-refractivity contribution is 0.0264. The second-order valence-corrected chi connectivity index (χ2v) is 6.76. The molecule has 0 spiro atoms. The van der Waals surface area contributed by atoms with Crippen LogP contribution in [0.15, 0.2) is 24.3 Å². The molecule has 1 N–H and O–H groups in total. The quantitative estimate of drug-likeness (QED) is 0.935. The van der Waals surface area contributed by atoms with Crippen molar-refractivity contribution in [3.63, 3.8) is 0 Å². The zero-order valence-electron chi connectivity index (χ0n) is 12.7. The molecule has 1 aromatic carbocycles. The van der Waals surface area contributed by atoms with Crippen molar-refractivity contribution in [2.75, 3.05) is 13.1 Å². The number of piperidine rings is 1. The molecule has 1 atom stereocenters. The van der Waals surface area contributed by atoms with Crippen LogP contribution in [0, 0.1) is 13.8 Å². The van der Waals surface area contributed by atoms with Gasteiger partial charge in [-0.1, -0.05) is 29.8 Å². The van der Waals surface area contributed by atoms with E-state index in [-0.39, 0.29) is 0 Å². The number of hydrogen-bond donors (Lipinski definition) is 1. The Morgan fingerprint density at radius 2 is 2.10 bits per heavy atom. The molecular formula is C17H22N2OS. The molecule has 21 heavy (non-hydrogen) atoms. The fraction of sp³-hybridized carbons (Fsp3) is 0.471. The van der Waals surface area contributed by atoms with Crippen LogP contribution in [0.2, 0.25) is 0 Å². The number of nitrogens with zero attached hydrogens (tertiary/aromatic N) is 1. The van der Waals surface area contributed by atoms with Crippen LogP contribution in [0.5, 0.6) is 0 Å². The summed E-state index contributed by atoms with van der Waals surface area (Å²) in [5.41, 5.74) is 3.57. The molecule has 2 heterocycles. The van der Waals surface area contributed by atoms with E-state index in [0.717, 1.165) is 30.2 Å². The van der Waals surface area contributed by atoms with Crippen molar-refractivity contribution in [1.29, 1.82) is 0 Å². The number of rotatable bonds is 4. The van der Waals surface area contributed by atoms with Gasteiger partial charge in [0.05, 0.1) is 23.3 Å². The highest BCUT2D eigenvalue weighted by atomic mass is 32.1. The smallest absolute Gasteiger partial charge is 0.123 e. The number of benzene rings is 1. The highest BCUT2D eigenvalue weighted by Gasteiger charge is 2.15. The van der Waals surface area contributed by atoms with E-state index in [1.807, 2.05) is 0 Å². The summed E-state index contributed by atoms with van der Waals surface area (Å²) in [6.45, 7) is 6.96. The maximum Gasteiger partial charge on any atom is 0.123 e. The van der Waals surface area contributed by atoms with Crippen LogP contribution in [0.4, 0.5) is 0 Å². The predicted octanol–water partition coefficient (Wildman–Crippen LogP) is 3.70. The summed E-state index contributed by atoms with van der Waals surface area (Å²) in [6.07, 6.45) is 2.72. The van der Waals surface area contributed by atoms with Gasteiger partial charge in [0.25, 0.3) is 0 Å². The minimum atomic E-state index is 0.350. The van der Waals surface area contributed by atoms with Crippen molar-refractivity contribution in [2.45, 2.75) is 39.4 Å². The molecular weight excluding hydrogens is 280 g/mol. The lowest BCUT2D eigenvalue weighted by atomic mass is 10.1. The molecule has 2 aromatic rings. The van der Waals surface area contributed by atoms with Gasteiger partial charge in [-0.2, -0.15) is 0 Å². The fourth-order valence-electron chi connectivity index (χ4n) is 2.54. The van der Waals surface area contributed by atoms with Gasteiger partial charge in [-0.25, -0.2) is 4.98 Å². The van der Waals surface area contributed by atoms with Gasteiger partial charge in [0.2, 0.25) is 0 Å². The van der Waals surface area contributed by atoms with E-state index in [4.69, 9.17) is 9.72 Å². The minimum Gasteiger partial charge on any atom is -0.371 e. The van der Waals surface area contributed by atoms with E-state index in [0.29, 0.717) is 12.7 Å². The first-order valence-corrected chi connectivity index (χ1v) is 8.39. The van der Waals surface area contributed by atoms with Crippen molar-refractivity contribution in [3.8, 4) is 10.6 Å². The van der Waals surface area contributed by atoms with Crippen LogP contribution in [0.25, 0.3) is 10.6 Å². The van der Waals surface area contributed by atoms with Gasteiger partial charge in [0.15, 0.2) is 0 Å². The molecule has 4 heteroatoms. The third-order valence-corrected chi connectivity index (χ3v) is 5.07. The number of aromatic nitrogens is 1. The third-order valence-electron chi connectivity index (χ3n) is 3.89. The molecule has 0 amide bonds. The molecule has 3 rings (SSSR count). The first kappa shape index (κ1) is 14.7. The second-order valence-electron chi connectivity index (χ2n) is 5.67. The SMILES string of the molecule is Cc1ccc(-c2nc(C)c(COC3CCCNC3)s2)cc1. The molecule has 0 bridgehead atoms. The Kier molecular flexibility index (Phi) is 4.68. The Morgan fingerprint density at radius 3 is 2.81 bits per heavy atom. The number of aryl methyl sites for hydroxylation is 2. The van der Waals surface area contributed by atoms with Gasteiger partial charge >= 0.3 is 0 Å². The van der Waals surface area contributed by atoms with Crippen LogP contribution in [-0.4, -0.2) is 24.2 Å². The summed E-state index contributed by atoms with van der Waals surface area (Å²) >= 11 is 1.75. The van der Waals surface area contributed by atoms with Crippen LogP contribution < -0.4 is 5.32 Å². The largest absolute Gasteiger partial charge is 0.371 e. The molecule has 1 aromatic heterocycles. The van der Waals surface area contributed by atoms with Crippen molar-refractivity contribution in [3.05, 3.63) is 40.4 Å². The summed E-state index contributed by atoms with van der Waals surface area (Å²) in [7, 11) is 0. The van der Waals surface area contributed by atoms with Crippen LogP contribution in [0.1, 0.15) is 29.0 Å². The summed E-state index contributed by atoms with van der Waals surface area (Å²) in [6, 6.07) is 8.55. The average Bonchev–Trinajstić information content (AvgIpc) is 2.88. The van der Waals surface area contributed by atoms with E-state index < -0.39 is 0 Å². The molecule has 1 fully saturated rings. The molecule has 0 radical (unpaired) electrons. The lowest BCUT2D eigenvalue weighted by Crippen LogP contribution is -2.35. The molecule has 0 aliphatic carbocycles. The Labute approximate surface area is 130 Å². The van der Waals surface area contributed by atoms with Crippen molar-refractivity contribution >= 4 is 11.3 Å². The molecule has 1 aliphatic rings. The molecule has 3 nitrogen and oxygen atoms in total. The molecule has 112 valence electrons. The van der Waals surface area contributed by atoms with Gasteiger partial charge in [0.1, 0.15) is 5.01 Å². The van der Waals surface area contributed by atoms with Gasteiger partial charge in [-0.05, 0) is 33.2 Å². The van der Waals surface area contributed by atoms with Crippen molar-refractivity contribution in [1.82, 2.24) is 10.3 Å².